The van der Waals surface area contributed by atoms with E-state index in [2.05, 4.69) is 21.2 Å². The maximum Gasteiger partial charge on any atom is 0.455 e. The van der Waals surface area contributed by atoms with E-state index in [4.69, 9.17) is 0 Å². The van der Waals surface area contributed by atoms with Crippen LogP contribution < -0.4 is 5.32 Å². The van der Waals surface area contributed by atoms with Gasteiger partial charge in [-0.15, -0.1) is 0 Å². The minimum Gasteiger partial charge on any atom is -0.385 e. The molecule has 2 nitrogen and oxygen atoms in total. The minimum atomic E-state index is -4.84. The number of nitrogens with one attached hydrogen (secondary N) is 1. The number of hydrogen-bond donors (Lipinski definition) is 1. The first-order valence-electron chi connectivity index (χ1n) is 3.79. The predicted octanol–water partition coefficient (Wildman–Crippen LogP) is 2.74. The number of carbonyl (C=O) groups is 1. The lowest BCUT2D eigenvalue weighted by Gasteiger charge is -2.19. The van der Waals surface area contributed by atoms with Gasteiger partial charge in [0.2, 0.25) is 0 Å². The van der Waals surface area contributed by atoms with Gasteiger partial charge in [-0.1, -0.05) is 0 Å². The third-order valence-corrected chi connectivity index (χ3v) is 1.70. The fourth-order valence-electron chi connectivity index (χ4n) is 0.481. The highest BCUT2D eigenvalue weighted by molar-refractivity contribution is 9.12. The van der Waals surface area contributed by atoms with Gasteiger partial charge >= 0.3 is 6.18 Å². The van der Waals surface area contributed by atoms with E-state index >= 15 is 0 Å². The van der Waals surface area contributed by atoms with Crippen molar-refractivity contribution in [2.45, 2.75) is 32.5 Å². The van der Waals surface area contributed by atoms with Crippen LogP contribution in [0.25, 0.3) is 0 Å². The van der Waals surface area contributed by atoms with Crippen LogP contribution in [-0.2, 0) is 4.79 Å². The van der Waals surface area contributed by atoms with Crippen molar-refractivity contribution in [1.29, 1.82) is 0 Å². The quantitative estimate of drug-likeness (QED) is 0.784. The summed E-state index contributed by atoms with van der Waals surface area (Å²) in [5.41, 5.74) is -0.384. The van der Waals surface area contributed by atoms with Crippen molar-refractivity contribution in [2.75, 3.05) is 0 Å². The van der Waals surface area contributed by atoms with Gasteiger partial charge in [0.1, 0.15) is 0 Å². The Hall–Kier alpha value is -0.520. The molecule has 0 radical (unpaired) electrons. The number of rotatable bonds is 2. The minimum absolute atomic E-state index is 0.384. The average molecular weight is 274 g/mol. The summed E-state index contributed by atoms with van der Waals surface area (Å²) in [4.78, 5) is 10.6. The summed E-state index contributed by atoms with van der Waals surface area (Å²) in [5.74, 6) is -1.89. The molecule has 0 aliphatic carbocycles. The molecule has 0 amide bonds. The fraction of sp³-hybridized carbons (Fsp3) is 0.625. The van der Waals surface area contributed by atoms with Gasteiger partial charge in [0.05, 0.1) is 4.48 Å². The van der Waals surface area contributed by atoms with E-state index in [-0.39, 0.29) is 5.54 Å². The number of alkyl halides is 3. The summed E-state index contributed by atoms with van der Waals surface area (Å²) in [6, 6.07) is 0. The lowest BCUT2D eigenvalue weighted by molar-refractivity contribution is -0.165. The third-order valence-electron chi connectivity index (χ3n) is 1.11. The van der Waals surface area contributed by atoms with E-state index in [0.717, 1.165) is 6.20 Å². The SMILES string of the molecule is CC(C)(C)NC=C(Br)C(=O)C(F)(F)F. The number of Topliss-reactive ketones (excluding diaryl/α,β-unsaturated/α-hetero) is 1. The molecule has 0 spiro atoms. The van der Waals surface area contributed by atoms with Crippen LogP contribution in [0.15, 0.2) is 10.7 Å². The largest absolute Gasteiger partial charge is 0.455 e. The molecule has 6 heteroatoms. The van der Waals surface area contributed by atoms with Crippen molar-refractivity contribution in [1.82, 2.24) is 5.32 Å². The summed E-state index contributed by atoms with van der Waals surface area (Å²) >= 11 is 2.56. The molecule has 0 aromatic carbocycles. The summed E-state index contributed by atoms with van der Waals surface area (Å²) in [6.45, 7) is 5.30. The van der Waals surface area contributed by atoms with Crippen LogP contribution in [0.5, 0.6) is 0 Å². The van der Waals surface area contributed by atoms with Crippen molar-refractivity contribution < 1.29 is 18.0 Å². The maximum atomic E-state index is 11.9. The molecular weight excluding hydrogens is 263 g/mol. The van der Waals surface area contributed by atoms with Gasteiger partial charge in [-0.25, -0.2) is 0 Å². The summed E-state index contributed by atoms with van der Waals surface area (Å²) in [5, 5.41) is 2.64. The second-order valence-corrected chi connectivity index (χ2v) is 4.57. The number of hydrogen-bond acceptors (Lipinski definition) is 2. The van der Waals surface area contributed by atoms with E-state index < -0.39 is 16.4 Å². The smallest absolute Gasteiger partial charge is 0.385 e. The highest BCUT2D eigenvalue weighted by Crippen LogP contribution is 2.23. The third kappa shape index (κ3) is 5.26. The molecule has 0 saturated heterocycles. The molecule has 0 rings (SSSR count). The number of halogens is 4. The Labute approximate surface area is 88.7 Å². The topological polar surface area (TPSA) is 29.1 Å². The molecule has 0 bridgehead atoms. The molecular formula is C8H11BrF3NO. The first-order valence-corrected chi connectivity index (χ1v) is 4.58. The number of allylic oxidation sites excluding steroid dienone is 1. The van der Waals surface area contributed by atoms with Crippen molar-refractivity contribution in [2.24, 2.45) is 0 Å². The van der Waals surface area contributed by atoms with E-state index in [1.54, 1.807) is 20.8 Å². The molecule has 0 fully saturated rings. The molecule has 0 atom stereocenters. The summed E-state index contributed by atoms with van der Waals surface area (Å²) in [7, 11) is 0. The maximum absolute atomic E-state index is 11.9. The average Bonchev–Trinajstić information content (AvgIpc) is 1.95. The molecule has 0 aliphatic heterocycles. The molecule has 0 heterocycles. The monoisotopic (exact) mass is 273 g/mol. The lowest BCUT2D eigenvalue weighted by Crippen LogP contribution is -2.32. The van der Waals surface area contributed by atoms with Crippen molar-refractivity contribution in [3.63, 3.8) is 0 Å². The predicted molar refractivity (Wildman–Crippen MR) is 51.0 cm³/mol. The summed E-state index contributed by atoms with van der Waals surface area (Å²) < 4.78 is 35.1. The van der Waals surface area contributed by atoms with Crippen LogP contribution in [0.2, 0.25) is 0 Å². The van der Waals surface area contributed by atoms with Crippen LogP contribution in [0.4, 0.5) is 13.2 Å². The van der Waals surface area contributed by atoms with E-state index in [1.807, 2.05) is 0 Å². The molecule has 1 N–H and O–H groups in total. The van der Waals surface area contributed by atoms with Crippen LogP contribution in [0.3, 0.4) is 0 Å². The highest BCUT2D eigenvalue weighted by Gasteiger charge is 2.40. The molecule has 0 aromatic rings. The highest BCUT2D eigenvalue weighted by atomic mass is 79.9. The molecule has 0 saturated carbocycles. The fourth-order valence-corrected chi connectivity index (χ4v) is 0.820. The van der Waals surface area contributed by atoms with Gasteiger partial charge < -0.3 is 5.32 Å². The molecule has 0 unspecified atom stereocenters. The zero-order valence-corrected chi connectivity index (χ0v) is 9.58. The van der Waals surface area contributed by atoms with E-state index in [9.17, 15) is 18.0 Å². The second kappa shape index (κ2) is 4.33. The van der Waals surface area contributed by atoms with Crippen molar-refractivity contribution in [3.05, 3.63) is 10.7 Å². The standard InChI is InChI=1S/C8H11BrF3NO/c1-7(2,3)13-4-5(9)6(14)8(10,11)12/h4,13H,1-3H3. The Morgan fingerprint density at radius 3 is 2.00 bits per heavy atom. The van der Waals surface area contributed by atoms with Gasteiger partial charge in [-0.2, -0.15) is 13.2 Å². The lowest BCUT2D eigenvalue weighted by atomic mass is 10.1. The van der Waals surface area contributed by atoms with Crippen LogP contribution in [0.1, 0.15) is 20.8 Å². The Kier molecular flexibility index (Phi) is 4.17. The Morgan fingerprint density at radius 1 is 1.29 bits per heavy atom. The Bertz CT molecular complexity index is 252. The Balaban J connectivity index is 4.49. The van der Waals surface area contributed by atoms with Crippen molar-refractivity contribution >= 4 is 21.7 Å². The van der Waals surface area contributed by atoms with Crippen LogP contribution >= 0.6 is 15.9 Å². The Morgan fingerprint density at radius 2 is 1.71 bits per heavy atom. The molecule has 14 heavy (non-hydrogen) atoms. The number of ketones is 1. The molecule has 0 aliphatic rings. The van der Waals surface area contributed by atoms with Gasteiger partial charge in [0.15, 0.2) is 0 Å². The van der Waals surface area contributed by atoms with Crippen LogP contribution in [-0.4, -0.2) is 17.5 Å². The first kappa shape index (κ1) is 13.5. The molecule has 0 aromatic heterocycles. The first-order chi connectivity index (χ1) is 6.04. The number of carbonyl (C=O) groups excluding carboxylic acids is 1. The summed E-state index contributed by atoms with van der Waals surface area (Å²) in [6.07, 6.45) is -3.83. The van der Waals surface area contributed by atoms with Crippen molar-refractivity contribution in [3.8, 4) is 0 Å². The van der Waals surface area contributed by atoms with Gasteiger partial charge in [-0.3, -0.25) is 4.79 Å². The van der Waals surface area contributed by atoms with Gasteiger partial charge in [0, 0.05) is 11.7 Å². The van der Waals surface area contributed by atoms with E-state index in [0.29, 0.717) is 0 Å². The molecule has 82 valence electrons. The van der Waals surface area contributed by atoms with Crippen LogP contribution in [0, 0.1) is 0 Å². The second-order valence-electron chi connectivity index (χ2n) is 3.71. The van der Waals surface area contributed by atoms with Gasteiger partial charge in [-0.05, 0) is 36.7 Å². The van der Waals surface area contributed by atoms with E-state index in [1.165, 1.54) is 0 Å². The zero-order valence-electron chi connectivity index (χ0n) is 8.00. The normalized spacial score (nSPS) is 14.1. The van der Waals surface area contributed by atoms with Gasteiger partial charge in [0.25, 0.3) is 5.78 Å². The zero-order chi connectivity index (χ0) is 11.6.